The molecule has 5 atom stereocenters. The summed E-state index contributed by atoms with van der Waals surface area (Å²) < 4.78 is 35.3. The Balaban J connectivity index is 1.64. The molecule has 3 nitrogen and oxygen atoms in total. The highest BCUT2D eigenvalue weighted by molar-refractivity contribution is 6.30. The average molecular weight is 445 g/mol. The minimum atomic E-state index is -0.927. The summed E-state index contributed by atoms with van der Waals surface area (Å²) in [6.07, 6.45) is 2.09. The zero-order valence-corrected chi connectivity index (χ0v) is 18.4. The van der Waals surface area contributed by atoms with Crippen LogP contribution in [0.1, 0.15) is 50.7 Å². The summed E-state index contributed by atoms with van der Waals surface area (Å²) in [7, 11) is 0. The van der Waals surface area contributed by atoms with E-state index in [2.05, 4.69) is 0 Å². The second-order valence-electron chi connectivity index (χ2n) is 9.43. The Morgan fingerprint density at radius 3 is 2.06 bits per heavy atom. The van der Waals surface area contributed by atoms with Gasteiger partial charge in [0, 0.05) is 5.02 Å². The van der Waals surface area contributed by atoms with Gasteiger partial charge in [-0.2, -0.15) is 0 Å². The molecule has 0 N–H and O–H groups in total. The van der Waals surface area contributed by atoms with Crippen LogP contribution in [0.4, 0.5) is 8.78 Å². The number of fused-ring (bicyclic) bond motifs is 5. The minimum absolute atomic E-state index is 0.0323. The Hall–Kier alpha value is -2.11. The van der Waals surface area contributed by atoms with Crippen molar-refractivity contribution >= 4 is 23.2 Å². The second kappa shape index (κ2) is 6.69. The van der Waals surface area contributed by atoms with Crippen molar-refractivity contribution in [1.29, 1.82) is 0 Å². The molecule has 5 rings (SSSR count). The number of halogens is 3. The van der Waals surface area contributed by atoms with Gasteiger partial charge in [0.2, 0.25) is 0 Å². The molecule has 2 aromatic rings. The lowest BCUT2D eigenvalue weighted by molar-refractivity contribution is -0.132. The molecule has 2 saturated heterocycles. The van der Waals surface area contributed by atoms with Gasteiger partial charge >= 0.3 is 0 Å². The number of ketones is 2. The lowest BCUT2D eigenvalue weighted by atomic mass is 9.69. The van der Waals surface area contributed by atoms with E-state index < -0.39 is 40.6 Å². The Morgan fingerprint density at radius 1 is 1.00 bits per heavy atom. The summed E-state index contributed by atoms with van der Waals surface area (Å²) in [5.74, 6) is -3.71. The number of rotatable bonds is 3. The minimum Gasteiger partial charge on any atom is -0.368 e. The predicted molar refractivity (Wildman–Crippen MR) is 113 cm³/mol. The molecule has 2 heterocycles. The van der Waals surface area contributed by atoms with E-state index in [1.165, 1.54) is 0 Å². The Morgan fingerprint density at radius 2 is 1.55 bits per heavy atom. The Kier molecular flexibility index (Phi) is 4.49. The summed E-state index contributed by atoms with van der Waals surface area (Å²) >= 11 is 5.76. The molecule has 6 heteroatoms. The summed E-state index contributed by atoms with van der Waals surface area (Å²) in [6.45, 7) is 5.78. The van der Waals surface area contributed by atoms with E-state index in [4.69, 9.17) is 16.3 Å². The van der Waals surface area contributed by atoms with Crippen LogP contribution in [0.2, 0.25) is 5.02 Å². The maximum absolute atomic E-state index is 14.6. The van der Waals surface area contributed by atoms with E-state index in [9.17, 15) is 18.4 Å². The van der Waals surface area contributed by atoms with Crippen molar-refractivity contribution in [3.63, 3.8) is 0 Å². The first kappa shape index (κ1) is 20.8. The van der Waals surface area contributed by atoms with Crippen molar-refractivity contribution in [3.05, 3.63) is 58.1 Å². The molecule has 2 aliphatic heterocycles. The van der Waals surface area contributed by atoms with Crippen LogP contribution in [0.15, 0.2) is 30.3 Å². The monoisotopic (exact) mass is 444 g/mol. The number of aryl methyl sites for hydroxylation is 1. The molecular weight excluding hydrogens is 422 g/mol. The molecule has 0 aromatic heterocycles. The summed E-state index contributed by atoms with van der Waals surface area (Å²) in [4.78, 5) is 27.1. The Labute approximate surface area is 184 Å². The predicted octanol–water partition coefficient (Wildman–Crippen LogP) is 5.66. The standard InChI is InChI=1S/C25H23ClF2O3/c1-4-12-5-6-13(18-16(27)10-14(26)11-17(18)28)9-15(12)19-22(29)20-21(23(19)30)25(3)8-7-24(20,2)31-25/h5-6,9-11,19-21H,4,7-8H2,1-3H3/t19?,20-,21+,24-,25+. The summed E-state index contributed by atoms with van der Waals surface area (Å²) in [6, 6.07) is 7.09. The fourth-order valence-electron chi connectivity index (χ4n) is 6.17. The van der Waals surface area contributed by atoms with Crippen LogP contribution in [0.5, 0.6) is 0 Å². The molecular formula is C25H23ClF2O3. The molecule has 0 spiro atoms. The van der Waals surface area contributed by atoms with Crippen molar-refractivity contribution in [2.45, 2.75) is 57.2 Å². The third kappa shape index (κ3) is 2.79. The van der Waals surface area contributed by atoms with Crippen LogP contribution in [-0.4, -0.2) is 22.8 Å². The number of Topliss-reactive ketones (excluding diaryl/α,β-unsaturated/α-hetero) is 2. The summed E-state index contributed by atoms with van der Waals surface area (Å²) in [5.41, 5.74) is 0.193. The molecule has 1 unspecified atom stereocenters. The molecule has 3 fully saturated rings. The van der Waals surface area contributed by atoms with Gasteiger partial charge in [-0.1, -0.05) is 30.7 Å². The van der Waals surface area contributed by atoms with Crippen LogP contribution in [0.25, 0.3) is 11.1 Å². The van der Waals surface area contributed by atoms with Gasteiger partial charge in [0.05, 0.1) is 28.6 Å². The molecule has 31 heavy (non-hydrogen) atoms. The fraction of sp³-hybridized carbons (Fsp3) is 0.440. The molecule has 3 aliphatic rings. The number of benzene rings is 2. The van der Waals surface area contributed by atoms with Crippen molar-refractivity contribution in [3.8, 4) is 11.1 Å². The highest BCUT2D eigenvalue weighted by Gasteiger charge is 2.72. The van der Waals surface area contributed by atoms with E-state index in [0.29, 0.717) is 12.0 Å². The highest BCUT2D eigenvalue weighted by Crippen LogP contribution is 2.62. The first-order valence-corrected chi connectivity index (χ1v) is 11.0. The number of carbonyl (C=O) groups excluding carboxylic acids is 2. The normalized spacial score (nSPS) is 33.9. The molecule has 1 saturated carbocycles. The van der Waals surface area contributed by atoms with Gasteiger partial charge in [-0.15, -0.1) is 0 Å². The van der Waals surface area contributed by atoms with Crippen LogP contribution < -0.4 is 0 Å². The van der Waals surface area contributed by atoms with Gasteiger partial charge in [-0.05, 0) is 68.0 Å². The van der Waals surface area contributed by atoms with E-state index >= 15 is 0 Å². The molecule has 2 bridgehead atoms. The average Bonchev–Trinajstić information content (AvgIpc) is 3.24. The topological polar surface area (TPSA) is 43.4 Å². The van der Waals surface area contributed by atoms with E-state index in [1.807, 2.05) is 20.8 Å². The quantitative estimate of drug-likeness (QED) is 0.574. The fourth-order valence-corrected chi connectivity index (χ4v) is 6.36. The van der Waals surface area contributed by atoms with Crippen LogP contribution in [-0.2, 0) is 20.7 Å². The molecule has 1 aliphatic carbocycles. The first-order chi connectivity index (χ1) is 14.6. The van der Waals surface area contributed by atoms with Crippen LogP contribution in [0.3, 0.4) is 0 Å². The smallest absolute Gasteiger partial charge is 0.154 e. The SMILES string of the molecule is CCc1ccc(-c2c(F)cc(Cl)cc2F)cc1C1C(=O)[C@@H]2[C@H](C1=O)[C@@]1(C)CC[C@]2(C)O1. The molecule has 0 radical (unpaired) electrons. The second-order valence-corrected chi connectivity index (χ2v) is 9.87. The molecule has 0 amide bonds. The van der Waals surface area contributed by atoms with Crippen molar-refractivity contribution in [1.82, 2.24) is 0 Å². The molecule has 2 aromatic carbocycles. The summed E-state index contributed by atoms with van der Waals surface area (Å²) in [5, 5.41) is -0.0323. The maximum atomic E-state index is 14.6. The maximum Gasteiger partial charge on any atom is 0.154 e. The zero-order valence-electron chi connectivity index (χ0n) is 17.6. The third-order valence-corrected chi connectivity index (χ3v) is 7.77. The third-order valence-electron chi connectivity index (χ3n) is 7.55. The van der Waals surface area contributed by atoms with E-state index in [1.54, 1.807) is 18.2 Å². The number of hydrogen-bond donors (Lipinski definition) is 0. The van der Waals surface area contributed by atoms with Gasteiger partial charge in [0.25, 0.3) is 0 Å². The van der Waals surface area contributed by atoms with Crippen LogP contribution >= 0.6 is 11.6 Å². The number of hydrogen-bond acceptors (Lipinski definition) is 3. The lowest BCUT2D eigenvalue weighted by Crippen LogP contribution is -2.40. The lowest BCUT2D eigenvalue weighted by Gasteiger charge is -2.28. The Bertz CT molecular complexity index is 1090. The van der Waals surface area contributed by atoms with Gasteiger partial charge in [-0.3, -0.25) is 9.59 Å². The van der Waals surface area contributed by atoms with E-state index in [0.717, 1.165) is 30.5 Å². The molecule has 162 valence electrons. The largest absolute Gasteiger partial charge is 0.368 e. The van der Waals surface area contributed by atoms with Gasteiger partial charge in [0.15, 0.2) is 11.6 Å². The van der Waals surface area contributed by atoms with Crippen molar-refractivity contribution in [2.75, 3.05) is 0 Å². The van der Waals surface area contributed by atoms with Crippen LogP contribution in [0, 0.1) is 23.5 Å². The van der Waals surface area contributed by atoms with Crippen molar-refractivity contribution in [2.24, 2.45) is 11.8 Å². The number of carbonyl (C=O) groups is 2. The van der Waals surface area contributed by atoms with Gasteiger partial charge in [0.1, 0.15) is 17.6 Å². The zero-order chi connectivity index (χ0) is 22.3. The van der Waals surface area contributed by atoms with Crippen molar-refractivity contribution < 1.29 is 23.1 Å². The first-order valence-electron chi connectivity index (χ1n) is 10.6. The van der Waals surface area contributed by atoms with Gasteiger partial charge < -0.3 is 4.74 Å². The van der Waals surface area contributed by atoms with E-state index in [-0.39, 0.29) is 27.7 Å². The van der Waals surface area contributed by atoms with Gasteiger partial charge in [-0.25, -0.2) is 8.78 Å². The highest BCUT2D eigenvalue weighted by atomic mass is 35.5. The number of ether oxygens (including phenoxy) is 1.